The molecule has 2 amide bonds. The van der Waals surface area contributed by atoms with Gasteiger partial charge in [0.05, 0.1) is 0 Å². The molecule has 0 aromatic carbocycles. The van der Waals surface area contributed by atoms with E-state index in [4.69, 9.17) is 4.43 Å². The van der Waals surface area contributed by atoms with Crippen molar-refractivity contribution in [3.05, 3.63) is 0 Å². The average molecular weight is 218 g/mol. The summed E-state index contributed by atoms with van der Waals surface area (Å²) in [5, 5.41) is 5.58. The van der Waals surface area contributed by atoms with Crippen LogP contribution in [0.15, 0.2) is 0 Å². The van der Waals surface area contributed by atoms with Gasteiger partial charge < -0.3 is 15.1 Å². The number of rotatable bonds is 7. The quantitative estimate of drug-likeness (QED) is 0.486. The molecule has 0 aliphatic carbocycles. The maximum atomic E-state index is 11.1. The fourth-order valence-electron chi connectivity index (χ4n) is 0.989. The Bertz CT molecular complexity index is 154. The molecule has 0 radical (unpaired) electrons. The predicted molar refractivity (Wildman–Crippen MR) is 61.3 cm³/mol. The molecule has 0 spiro atoms. The summed E-state index contributed by atoms with van der Waals surface area (Å²) in [5.74, 6) is 0. The molecule has 0 fully saturated rings. The van der Waals surface area contributed by atoms with E-state index in [9.17, 15) is 4.79 Å². The van der Waals surface area contributed by atoms with E-state index in [-0.39, 0.29) is 21.8 Å². The molecule has 84 valence electrons. The maximum Gasteiger partial charge on any atom is 0.314 e. The van der Waals surface area contributed by atoms with Crippen molar-refractivity contribution in [2.75, 3.05) is 13.2 Å². The van der Waals surface area contributed by atoms with Gasteiger partial charge in [0.25, 0.3) is 0 Å². The third-order valence-corrected chi connectivity index (χ3v) is 3.11. The smallest absolute Gasteiger partial charge is 0.314 e. The van der Waals surface area contributed by atoms with Crippen LogP contribution < -0.4 is 10.6 Å². The zero-order valence-electron chi connectivity index (χ0n) is 9.43. The minimum absolute atomic E-state index is 0.0712. The molecule has 0 atom stereocenters. The molecule has 0 unspecified atom stereocenters. The third-order valence-electron chi connectivity index (χ3n) is 1.62. The van der Waals surface area contributed by atoms with Crippen LogP contribution in [0.25, 0.3) is 0 Å². The lowest BCUT2D eigenvalue weighted by molar-refractivity contribution is 0.238. The highest BCUT2D eigenvalue weighted by molar-refractivity contribution is 6.26. The number of carbonyl (C=O) groups excluding carboxylic acids is 1. The van der Waals surface area contributed by atoms with Crippen LogP contribution in [0.1, 0.15) is 27.2 Å². The summed E-state index contributed by atoms with van der Waals surface area (Å²) < 4.78 is 5.32. The monoisotopic (exact) mass is 218 g/mol. The summed E-state index contributed by atoms with van der Waals surface area (Å²) in [6.45, 7) is 7.48. The van der Waals surface area contributed by atoms with Crippen molar-refractivity contribution < 1.29 is 9.22 Å². The van der Waals surface area contributed by atoms with Crippen molar-refractivity contribution in [2.24, 2.45) is 0 Å². The molecule has 0 saturated carbocycles. The summed E-state index contributed by atoms with van der Waals surface area (Å²) >= 11 is 0. The predicted octanol–water partition coefficient (Wildman–Crippen LogP) is 0.623. The second-order valence-corrected chi connectivity index (χ2v) is 4.98. The van der Waals surface area contributed by atoms with Crippen molar-refractivity contribution in [2.45, 2.75) is 39.3 Å². The lowest BCUT2D eigenvalue weighted by atomic mass is 10.4. The van der Waals surface area contributed by atoms with Crippen LogP contribution >= 0.6 is 0 Å². The van der Waals surface area contributed by atoms with Crippen LogP contribution in [0.3, 0.4) is 0 Å². The first-order chi connectivity index (χ1) is 6.66. The van der Waals surface area contributed by atoms with Crippen LogP contribution in [0.2, 0.25) is 6.04 Å². The minimum atomic E-state index is -0.327. The Hall–Kier alpha value is -0.553. The van der Waals surface area contributed by atoms with Crippen molar-refractivity contribution in [3.63, 3.8) is 0 Å². The highest BCUT2D eigenvalue weighted by atomic mass is 28.2. The highest BCUT2D eigenvalue weighted by Gasteiger charge is 2.00. The summed E-state index contributed by atoms with van der Waals surface area (Å²) in [5.41, 5.74) is 0. The fraction of sp³-hybridized carbons (Fsp3) is 0.889. The lowest BCUT2D eigenvalue weighted by Crippen LogP contribution is -2.39. The Balaban J connectivity index is 3.15. The van der Waals surface area contributed by atoms with Gasteiger partial charge in [-0.25, -0.2) is 4.79 Å². The number of urea groups is 1. The molecular weight excluding hydrogens is 196 g/mol. The van der Waals surface area contributed by atoms with Gasteiger partial charge in [-0.05, 0) is 33.2 Å². The Labute approximate surface area is 88.7 Å². The molecule has 0 saturated heterocycles. The Morgan fingerprint density at radius 2 is 2.21 bits per heavy atom. The van der Waals surface area contributed by atoms with E-state index >= 15 is 0 Å². The first-order valence-corrected chi connectivity index (χ1v) is 6.86. The molecule has 5 heteroatoms. The SMILES string of the molecule is CCO[SiH2]CCCNC(=O)NC(C)C. The number of amides is 2. The van der Waals surface area contributed by atoms with Crippen LogP contribution in [-0.2, 0) is 4.43 Å². The van der Waals surface area contributed by atoms with Gasteiger partial charge in [-0.3, -0.25) is 0 Å². The van der Waals surface area contributed by atoms with Gasteiger partial charge in [0.2, 0.25) is 0 Å². The van der Waals surface area contributed by atoms with E-state index in [1.807, 2.05) is 20.8 Å². The molecule has 0 heterocycles. The van der Waals surface area contributed by atoms with Gasteiger partial charge in [-0.1, -0.05) is 0 Å². The maximum absolute atomic E-state index is 11.1. The molecule has 0 aromatic heterocycles. The minimum Gasteiger partial charge on any atom is -0.424 e. The van der Waals surface area contributed by atoms with E-state index < -0.39 is 0 Å². The highest BCUT2D eigenvalue weighted by Crippen LogP contribution is 1.87. The van der Waals surface area contributed by atoms with Gasteiger partial charge in [0, 0.05) is 19.2 Å². The van der Waals surface area contributed by atoms with Crippen molar-refractivity contribution in [3.8, 4) is 0 Å². The Morgan fingerprint density at radius 3 is 2.79 bits per heavy atom. The number of hydrogen-bond donors (Lipinski definition) is 2. The van der Waals surface area contributed by atoms with Gasteiger partial charge in [-0.15, -0.1) is 0 Å². The second kappa shape index (κ2) is 9.02. The summed E-state index contributed by atoms with van der Waals surface area (Å²) in [6, 6.07) is 1.27. The Kier molecular flexibility index (Phi) is 8.66. The first kappa shape index (κ1) is 13.4. The molecule has 0 rings (SSSR count). The zero-order valence-corrected chi connectivity index (χ0v) is 10.8. The molecular formula is C9H22N2O2Si. The number of hydrogen-bond acceptors (Lipinski definition) is 2. The zero-order chi connectivity index (χ0) is 10.8. The van der Waals surface area contributed by atoms with Gasteiger partial charge in [-0.2, -0.15) is 0 Å². The van der Waals surface area contributed by atoms with Crippen molar-refractivity contribution in [1.29, 1.82) is 0 Å². The van der Waals surface area contributed by atoms with Crippen LogP contribution in [-0.4, -0.2) is 35.0 Å². The van der Waals surface area contributed by atoms with Crippen LogP contribution in [0.4, 0.5) is 4.79 Å². The molecule has 0 aliphatic heterocycles. The summed E-state index contributed by atoms with van der Waals surface area (Å²) in [7, 11) is -0.327. The fourth-order valence-corrected chi connectivity index (χ4v) is 1.94. The van der Waals surface area contributed by atoms with Crippen molar-refractivity contribution >= 4 is 15.8 Å². The second-order valence-electron chi connectivity index (χ2n) is 3.46. The van der Waals surface area contributed by atoms with Gasteiger partial charge in [0.1, 0.15) is 0 Å². The number of nitrogens with one attached hydrogen (secondary N) is 2. The van der Waals surface area contributed by atoms with Gasteiger partial charge >= 0.3 is 6.03 Å². The first-order valence-electron chi connectivity index (χ1n) is 5.29. The average Bonchev–Trinajstić information content (AvgIpc) is 2.10. The molecule has 2 N–H and O–H groups in total. The largest absolute Gasteiger partial charge is 0.424 e. The van der Waals surface area contributed by atoms with E-state index in [2.05, 4.69) is 10.6 Å². The van der Waals surface area contributed by atoms with E-state index in [1.165, 1.54) is 0 Å². The topological polar surface area (TPSA) is 50.4 Å². The molecule has 0 aliphatic rings. The summed E-state index contributed by atoms with van der Waals surface area (Å²) in [4.78, 5) is 11.1. The summed E-state index contributed by atoms with van der Waals surface area (Å²) in [6.07, 6.45) is 1.03. The van der Waals surface area contributed by atoms with Crippen molar-refractivity contribution in [1.82, 2.24) is 10.6 Å². The Morgan fingerprint density at radius 1 is 1.50 bits per heavy atom. The molecule has 4 nitrogen and oxygen atoms in total. The molecule has 0 aromatic rings. The molecule has 14 heavy (non-hydrogen) atoms. The standard InChI is InChI=1S/C9H22N2O2Si/c1-4-13-14-7-5-6-10-9(12)11-8(2)3/h8H,4-7,14H2,1-3H3,(H2,10,11,12). The van der Waals surface area contributed by atoms with Crippen LogP contribution in [0, 0.1) is 0 Å². The van der Waals surface area contributed by atoms with E-state index in [0.29, 0.717) is 0 Å². The van der Waals surface area contributed by atoms with Crippen LogP contribution in [0.5, 0.6) is 0 Å². The van der Waals surface area contributed by atoms with E-state index in [1.54, 1.807) is 0 Å². The third kappa shape index (κ3) is 9.53. The number of carbonyl (C=O) groups is 1. The van der Waals surface area contributed by atoms with E-state index in [0.717, 1.165) is 25.6 Å². The normalized spacial score (nSPS) is 11.1. The van der Waals surface area contributed by atoms with Gasteiger partial charge in [0.15, 0.2) is 9.76 Å². The molecule has 0 bridgehead atoms. The lowest BCUT2D eigenvalue weighted by Gasteiger charge is -2.09.